The van der Waals surface area contributed by atoms with Crippen LogP contribution >= 0.6 is 0 Å². The molecule has 18 heavy (non-hydrogen) atoms. The van der Waals surface area contributed by atoms with E-state index in [0.717, 1.165) is 5.12 Å². The van der Waals surface area contributed by atoms with Gasteiger partial charge in [-0.25, -0.2) is 10.9 Å². The summed E-state index contributed by atoms with van der Waals surface area (Å²) in [7, 11) is 0. The lowest BCUT2D eigenvalue weighted by Crippen LogP contribution is -2.55. The quantitative estimate of drug-likeness (QED) is 0.317. The smallest absolute Gasteiger partial charge is 0.260 e. The highest BCUT2D eigenvalue weighted by atomic mass is 16.2. The van der Waals surface area contributed by atoms with Crippen LogP contribution in [0.5, 0.6) is 0 Å². The molecule has 0 bridgehead atoms. The molecule has 4 amide bonds. The van der Waals surface area contributed by atoms with Crippen molar-refractivity contribution >= 4 is 24.1 Å². The first-order valence-corrected chi connectivity index (χ1v) is 5.58. The first kappa shape index (κ1) is 15.9. The van der Waals surface area contributed by atoms with Gasteiger partial charge in [-0.2, -0.15) is 5.12 Å². The monoisotopic (exact) mass is 258 g/mol. The fraction of sp³-hybridized carbons (Fsp3) is 0.600. The van der Waals surface area contributed by atoms with Crippen molar-refractivity contribution in [2.45, 2.75) is 33.1 Å². The average Bonchev–Trinajstić information content (AvgIpc) is 2.32. The Kier molecular flexibility index (Phi) is 7.91. The largest absolute Gasteiger partial charge is 0.359 e. The fourth-order valence-corrected chi connectivity index (χ4v) is 1.03. The second-order valence-electron chi connectivity index (χ2n) is 3.46. The lowest BCUT2D eigenvalue weighted by molar-refractivity contribution is -0.149. The Hall–Kier alpha value is -2.12. The van der Waals surface area contributed by atoms with E-state index in [1.807, 2.05) is 0 Å². The first-order valence-electron chi connectivity index (χ1n) is 5.58. The second kappa shape index (κ2) is 8.97. The number of hydrogen-bond acceptors (Lipinski definition) is 4. The van der Waals surface area contributed by atoms with E-state index in [1.165, 1.54) is 6.92 Å². The van der Waals surface area contributed by atoms with Crippen molar-refractivity contribution in [1.82, 2.24) is 21.3 Å². The van der Waals surface area contributed by atoms with Crippen LogP contribution in [0, 0.1) is 0 Å². The zero-order chi connectivity index (χ0) is 14.0. The molecule has 0 unspecified atom stereocenters. The van der Waals surface area contributed by atoms with Crippen LogP contribution in [0.3, 0.4) is 0 Å². The molecule has 8 nitrogen and oxygen atoms in total. The molecule has 0 aromatic rings. The molecule has 0 heterocycles. The van der Waals surface area contributed by atoms with E-state index in [1.54, 1.807) is 6.92 Å². The summed E-state index contributed by atoms with van der Waals surface area (Å²) in [6.07, 6.45) is 1.23. The molecule has 0 rings (SSSR count). The second-order valence-corrected chi connectivity index (χ2v) is 3.46. The Morgan fingerprint density at radius 1 is 1.22 bits per heavy atom. The summed E-state index contributed by atoms with van der Waals surface area (Å²) >= 11 is 0. The van der Waals surface area contributed by atoms with E-state index in [-0.39, 0.29) is 18.7 Å². The molecule has 0 saturated heterocycles. The van der Waals surface area contributed by atoms with Crippen LogP contribution in [0.4, 0.5) is 0 Å². The summed E-state index contributed by atoms with van der Waals surface area (Å²) in [4.78, 5) is 43.7. The lowest BCUT2D eigenvalue weighted by atomic mass is 10.3. The predicted octanol–water partition coefficient (Wildman–Crippen LogP) is -1.17. The van der Waals surface area contributed by atoms with E-state index in [9.17, 15) is 19.2 Å². The van der Waals surface area contributed by atoms with Crippen LogP contribution in [-0.4, -0.2) is 35.8 Å². The van der Waals surface area contributed by atoms with Crippen molar-refractivity contribution in [3.8, 4) is 0 Å². The molecule has 0 fully saturated rings. The molecule has 0 radical (unpaired) electrons. The molecule has 0 aliphatic heterocycles. The lowest BCUT2D eigenvalue weighted by Gasteiger charge is -2.22. The number of carbonyl (C=O) groups is 4. The van der Waals surface area contributed by atoms with Gasteiger partial charge in [0, 0.05) is 26.3 Å². The molecule has 0 aliphatic rings. The van der Waals surface area contributed by atoms with Crippen molar-refractivity contribution in [2.75, 3.05) is 6.54 Å². The molecule has 0 aliphatic carbocycles. The number of rotatable bonds is 6. The van der Waals surface area contributed by atoms with Gasteiger partial charge in [-0.1, -0.05) is 6.92 Å². The molecular formula is C10H18N4O4. The van der Waals surface area contributed by atoms with Gasteiger partial charge in [0.2, 0.25) is 18.2 Å². The average molecular weight is 258 g/mol. The Morgan fingerprint density at radius 3 is 2.39 bits per heavy atom. The highest BCUT2D eigenvalue weighted by Crippen LogP contribution is 1.93. The molecule has 0 aromatic carbocycles. The van der Waals surface area contributed by atoms with Crippen molar-refractivity contribution in [3.05, 3.63) is 0 Å². The van der Waals surface area contributed by atoms with Crippen LogP contribution in [-0.2, 0) is 19.2 Å². The van der Waals surface area contributed by atoms with E-state index in [2.05, 4.69) is 16.2 Å². The minimum Gasteiger partial charge on any atom is -0.359 e. The summed E-state index contributed by atoms with van der Waals surface area (Å²) in [6, 6.07) is 0. The van der Waals surface area contributed by atoms with Crippen LogP contribution in [0.2, 0.25) is 0 Å². The number of amides is 4. The van der Waals surface area contributed by atoms with Gasteiger partial charge in [0.15, 0.2) is 0 Å². The van der Waals surface area contributed by atoms with Gasteiger partial charge in [-0.05, 0) is 6.42 Å². The molecule has 8 heteroatoms. The van der Waals surface area contributed by atoms with Gasteiger partial charge in [0.1, 0.15) is 0 Å². The highest BCUT2D eigenvalue weighted by Gasteiger charge is 2.16. The van der Waals surface area contributed by atoms with Gasteiger partial charge in [-0.3, -0.25) is 19.2 Å². The normalized spacial score (nSPS) is 9.22. The number of nitrogens with one attached hydrogen (secondary N) is 3. The van der Waals surface area contributed by atoms with Gasteiger partial charge >= 0.3 is 0 Å². The number of carbonyl (C=O) groups excluding carboxylic acids is 4. The third-order valence-electron chi connectivity index (χ3n) is 1.87. The summed E-state index contributed by atoms with van der Waals surface area (Å²) in [5.41, 5.74) is 4.47. The maximum atomic E-state index is 11.7. The maximum Gasteiger partial charge on any atom is 0.260 e. The zero-order valence-electron chi connectivity index (χ0n) is 10.5. The summed E-state index contributed by atoms with van der Waals surface area (Å²) < 4.78 is 0. The number of hydrazine groups is 2. The van der Waals surface area contributed by atoms with Crippen molar-refractivity contribution in [1.29, 1.82) is 0 Å². The number of nitrogens with zero attached hydrogens (tertiary/aromatic N) is 1. The SMILES string of the molecule is CCC(=O)NN(NC(C)=O)C(=O)CCCNC=O. The first-order chi connectivity index (χ1) is 8.51. The topological polar surface area (TPSA) is 108 Å². The van der Waals surface area contributed by atoms with E-state index >= 15 is 0 Å². The zero-order valence-corrected chi connectivity index (χ0v) is 10.5. The molecule has 3 N–H and O–H groups in total. The summed E-state index contributed by atoms with van der Waals surface area (Å²) in [5.74, 6) is -1.31. The van der Waals surface area contributed by atoms with Crippen molar-refractivity contribution in [3.63, 3.8) is 0 Å². The van der Waals surface area contributed by atoms with Gasteiger partial charge in [0.25, 0.3) is 5.91 Å². The van der Waals surface area contributed by atoms with Crippen molar-refractivity contribution in [2.24, 2.45) is 0 Å². The molecule has 0 spiro atoms. The van der Waals surface area contributed by atoms with Gasteiger partial charge in [0.05, 0.1) is 0 Å². The Labute approximate surface area is 105 Å². The summed E-state index contributed by atoms with van der Waals surface area (Å²) in [6.45, 7) is 3.21. The minimum absolute atomic E-state index is 0.0884. The van der Waals surface area contributed by atoms with Crippen LogP contribution < -0.4 is 16.2 Å². The standard InChI is InChI=1S/C10H18N4O4/c1-3-9(17)13-14(12-8(2)16)10(18)5-4-6-11-7-15/h7H,3-6H2,1-2H3,(H,11,15)(H,12,16)(H,13,17). The highest BCUT2D eigenvalue weighted by molar-refractivity contribution is 5.84. The summed E-state index contributed by atoms with van der Waals surface area (Å²) in [5, 5.41) is 3.18. The Bertz CT molecular complexity index is 319. The molecular weight excluding hydrogens is 240 g/mol. The minimum atomic E-state index is -0.467. The van der Waals surface area contributed by atoms with Crippen LogP contribution in [0.1, 0.15) is 33.1 Å². The molecule has 0 aromatic heterocycles. The van der Waals surface area contributed by atoms with Crippen molar-refractivity contribution < 1.29 is 19.2 Å². The van der Waals surface area contributed by atoms with Crippen LogP contribution in [0.25, 0.3) is 0 Å². The molecule has 102 valence electrons. The Morgan fingerprint density at radius 2 is 1.89 bits per heavy atom. The molecule has 0 saturated carbocycles. The van der Waals surface area contributed by atoms with Gasteiger partial charge < -0.3 is 5.32 Å². The van der Waals surface area contributed by atoms with E-state index in [4.69, 9.17) is 0 Å². The fourth-order valence-electron chi connectivity index (χ4n) is 1.03. The van der Waals surface area contributed by atoms with E-state index in [0.29, 0.717) is 19.4 Å². The Balaban J connectivity index is 4.26. The third-order valence-corrected chi connectivity index (χ3v) is 1.87. The predicted molar refractivity (Wildman–Crippen MR) is 62.4 cm³/mol. The van der Waals surface area contributed by atoms with E-state index < -0.39 is 11.8 Å². The van der Waals surface area contributed by atoms with Crippen LogP contribution in [0.15, 0.2) is 0 Å². The third kappa shape index (κ3) is 7.20. The van der Waals surface area contributed by atoms with Gasteiger partial charge in [-0.15, -0.1) is 0 Å². The molecule has 0 atom stereocenters. The maximum absolute atomic E-state index is 11.7. The number of hydrogen-bond donors (Lipinski definition) is 3.